The number of alkyl halides is 3. The maximum atomic E-state index is 13.2. The van der Waals surface area contributed by atoms with Crippen LogP contribution in [0.25, 0.3) is 0 Å². The molecule has 2 heterocycles. The molecule has 1 atom stereocenters. The highest BCUT2D eigenvalue weighted by Gasteiger charge is 2.37. The Balaban J connectivity index is 2.12. The van der Waals surface area contributed by atoms with Crippen LogP contribution in [0.15, 0.2) is 18.3 Å². The lowest BCUT2D eigenvalue weighted by atomic mass is 10.0. The molecule has 0 spiro atoms. The molecule has 5 nitrogen and oxygen atoms in total. The van der Waals surface area contributed by atoms with E-state index >= 15 is 0 Å². The Bertz CT molecular complexity index is 566. The van der Waals surface area contributed by atoms with Crippen molar-refractivity contribution in [2.45, 2.75) is 32.0 Å². The van der Waals surface area contributed by atoms with E-state index in [1.54, 1.807) is 18.9 Å². The van der Waals surface area contributed by atoms with E-state index in [9.17, 15) is 18.0 Å². The average Bonchev–Trinajstić information content (AvgIpc) is 2.58. The Morgan fingerprint density at radius 2 is 2.25 bits per heavy atom. The first-order valence-electron chi connectivity index (χ1n) is 7.95. The standard InChI is InChI=1S/C16H22F3N3O2/c1-3-24-11-14(23)22-9-5-6-12(10-22)21(2)15-13(16(17,18)19)7-4-8-20-15/h4,7-8,12H,3,5-6,9-11H2,1-2H3. The Hall–Kier alpha value is -1.83. The van der Waals surface area contributed by atoms with Crippen LogP contribution in [0.2, 0.25) is 0 Å². The fourth-order valence-corrected chi connectivity index (χ4v) is 2.85. The van der Waals surface area contributed by atoms with Gasteiger partial charge in [0.25, 0.3) is 0 Å². The summed E-state index contributed by atoms with van der Waals surface area (Å²) in [5.41, 5.74) is -0.759. The summed E-state index contributed by atoms with van der Waals surface area (Å²) in [6, 6.07) is 2.10. The van der Waals surface area contributed by atoms with Gasteiger partial charge in [-0.25, -0.2) is 4.98 Å². The zero-order valence-electron chi connectivity index (χ0n) is 13.8. The topological polar surface area (TPSA) is 45.7 Å². The number of hydrogen-bond acceptors (Lipinski definition) is 4. The molecule has 1 aromatic rings. The molecule has 0 N–H and O–H groups in total. The van der Waals surface area contributed by atoms with Gasteiger partial charge in [-0.05, 0) is 31.9 Å². The zero-order chi connectivity index (χ0) is 17.7. The summed E-state index contributed by atoms with van der Waals surface area (Å²) in [5, 5.41) is 0. The normalized spacial score (nSPS) is 18.5. The average molecular weight is 345 g/mol. The highest BCUT2D eigenvalue weighted by molar-refractivity contribution is 5.77. The first kappa shape index (κ1) is 18.5. The Morgan fingerprint density at radius 3 is 2.92 bits per heavy atom. The molecule has 0 aromatic carbocycles. The molecule has 24 heavy (non-hydrogen) atoms. The van der Waals surface area contributed by atoms with Gasteiger partial charge in [0, 0.05) is 39.0 Å². The molecule has 1 aliphatic heterocycles. The van der Waals surface area contributed by atoms with Gasteiger partial charge in [-0.15, -0.1) is 0 Å². The van der Waals surface area contributed by atoms with Gasteiger partial charge in [0.05, 0.1) is 5.56 Å². The largest absolute Gasteiger partial charge is 0.419 e. The maximum Gasteiger partial charge on any atom is 0.419 e. The molecule has 0 radical (unpaired) electrons. The zero-order valence-corrected chi connectivity index (χ0v) is 13.8. The molecular weight excluding hydrogens is 323 g/mol. The highest BCUT2D eigenvalue weighted by atomic mass is 19.4. The number of nitrogens with zero attached hydrogens (tertiary/aromatic N) is 3. The summed E-state index contributed by atoms with van der Waals surface area (Å²) in [6.45, 7) is 3.23. The Kier molecular flexibility index (Phi) is 6.04. The van der Waals surface area contributed by atoms with Crippen LogP contribution in [0.5, 0.6) is 0 Å². The number of ether oxygens (including phenoxy) is 1. The summed E-state index contributed by atoms with van der Waals surface area (Å²) in [7, 11) is 1.60. The first-order chi connectivity index (χ1) is 11.3. The number of anilines is 1. The third-order valence-electron chi connectivity index (χ3n) is 4.15. The minimum atomic E-state index is -4.46. The molecule has 1 aromatic heterocycles. The lowest BCUT2D eigenvalue weighted by Crippen LogP contribution is -2.50. The molecule has 1 saturated heterocycles. The molecule has 8 heteroatoms. The number of piperidine rings is 1. The third kappa shape index (κ3) is 4.37. The second-order valence-corrected chi connectivity index (χ2v) is 5.76. The maximum absolute atomic E-state index is 13.2. The summed E-state index contributed by atoms with van der Waals surface area (Å²) in [4.78, 5) is 19.2. The molecule has 0 aliphatic carbocycles. The van der Waals surface area contributed by atoms with Crippen molar-refractivity contribution >= 4 is 11.7 Å². The molecule has 2 rings (SSSR count). The lowest BCUT2D eigenvalue weighted by Gasteiger charge is -2.38. The third-order valence-corrected chi connectivity index (χ3v) is 4.15. The van der Waals surface area contributed by atoms with Gasteiger partial charge < -0.3 is 14.5 Å². The summed E-state index contributed by atoms with van der Waals surface area (Å²) in [6.07, 6.45) is -1.66. The number of rotatable bonds is 5. The second kappa shape index (κ2) is 7.83. The molecule has 134 valence electrons. The van der Waals surface area contributed by atoms with E-state index < -0.39 is 11.7 Å². The van der Waals surface area contributed by atoms with Gasteiger partial charge in [0.15, 0.2) is 0 Å². The van der Waals surface area contributed by atoms with Gasteiger partial charge in [-0.2, -0.15) is 13.2 Å². The Morgan fingerprint density at radius 1 is 1.50 bits per heavy atom. The minimum absolute atomic E-state index is 0.00429. The quantitative estimate of drug-likeness (QED) is 0.823. The molecular formula is C16H22F3N3O2. The smallest absolute Gasteiger partial charge is 0.372 e. The van der Waals surface area contributed by atoms with Crippen molar-refractivity contribution < 1.29 is 22.7 Å². The number of carbonyl (C=O) groups is 1. The van der Waals surface area contributed by atoms with Crippen LogP contribution in [0, 0.1) is 0 Å². The minimum Gasteiger partial charge on any atom is -0.372 e. The fourth-order valence-electron chi connectivity index (χ4n) is 2.85. The number of amides is 1. The van der Waals surface area contributed by atoms with Gasteiger partial charge in [0.2, 0.25) is 5.91 Å². The van der Waals surface area contributed by atoms with Crippen LogP contribution in [0.3, 0.4) is 0 Å². The number of pyridine rings is 1. The molecule has 1 aliphatic rings. The van der Waals surface area contributed by atoms with E-state index in [4.69, 9.17) is 4.74 Å². The van der Waals surface area contributed by atoms with Gasteiger partial charge in [-0.3, -0.25) is 4.79 Å². The summed E-state index contributed by atoms with van der Waals surface area (Å²) < 4.78 is 44.6. The Labute approximate surface area is 139 Å². The number of likely N-dealkylation sites (N-methyl/N-ethyl adjacent to an activating group) is 1. The molecule has 1 fully saturated rings. The van der Waals surface area contributed by atoms with Crippen molar-refractivity contribution in [1.82, 2.24) is 9.88 Å². The monoisotopic (exact) mass is 345 g/mol. The fraction of sp³-hybridized carbons (Fsp3) is 0.625. The van der Waals surface area contributed by atoms with Crippen molar-refractivity contribution in [2.75, 3.05) is 38.3 Å². The molecule has 0 saturated carbocycles. The van der Waals surface area contributed by atoms with E-state index in [0.29, 0.717) is 26.1 Å². The van der Waals surface area contributed by atoms with Crippen molar-refractivity contribution in [3.05, 3.63) is 23.9 Å². The predicted octanol–water partition coefficient (Wildman–Crippen LogP) is 2.56. The predicted molar refractivity (Wildman–Crippen MR) is 83.7 cm³/mol. The number of halogens is 3. The van der Waals surface area contributed by atoms with Crippen molar-refractivity contribution in [2.24, 2.45) is 0 Å². The van der Waals surface area contributed by atoms with Crippen molar-refractivity contribution in [1.29, 1.82) is 0 Å². The van der Waals surface area contributed by atoms with E-state index in [1.807, 2.05) is 0 Å². The summed E-state index contributed by atoms with van der Waals surface area (Å²) >= 11 is 0. The number of likely N-dealkylation sites (tertiary alicyclic amines) is 1. The highest BCUT2D eigenvalue weighted by Crippen LogP contribution is 2.36. The first-order valence-corrected chi connectivity index (χ1v) is 7.95. The number of aromatic nitrogens is 1. The SMILES string of the molecule is CCOCC(=O)N1CCCC(N(C)c2ncccc2C(F)(F)F)C1. The van der Waals surface area contributed by atoms with Crippen molar-refractivity contribution in [3.63, 3.8) is 0 Å². The van der Waals surface area contributed by atoms with Crippen LogP contribution >= 0.6 is 0 Å². The molecule has 0 bridgehead atoms. The van der Waals surface area contributed by atoms with Crippen molar-refractivity contribution in [3.8, 4) is 0 Å². The van der Waals surface area contributed by atoms with Crippen LogP contribution in [-0.4, -0.2) is 55.2 Å². The molecule has 1 amide bonds. The summed E-state index contributed by atoms with van der Waals surface area (Å²) in [5.74, 6) is -0.235. The van der Waals surface area contributed by atoms with Crippen LogP contribution < -0.4 is 4.90 Å². The van der Waals surface area contributed by atoms with Crippen LogP contribution in [0.1, 0.15) is 25.3 Å². The van der Waals surface area contributed by atoms with Gasteiger partial charge in [0.1, 0.15) is 12.4 Å². The second-order valence-electron chi connectivity index (χ2n) is 5.76. The number of hydrogen-bond donors (Lipinski definition) is 0. The van der Waals surface area contributed by atoms with Gasteiger partial charge in [-0.1, -0.05) is 0 Å². The van der Waals surface area contributed by atoms with E-state index in [1.165, 1.54) is 17.2 Å². The number of carbonyl (C=O) groups excluding carboxylic acids is 1. The van der Waals surface area contributed by atoms with Crippen LogP contribution in [-0.2, 0) is 15.7 Å². The molecule has 1 unspecified atom stereocenters. The van der Waals surface area contributed by atoms with E-state index in [0.717, 1.165) is 12.5 Å². The van der Waals surface area contributed by atoms with E-state index in [2.05, 4.69) is 4.98 Å². The lowest BCUT2D eigenvalue weighted by molar-refractivity contribution is -0.138. The van der Waals surface area contributed by atoms with Gasteiger partial charge >= 0.3 is 6.18 Å². The van der Waals surface area contributed by atoms with E-state index in [-0.39, 0.29) is 24.4 Å². The van der Waals surface area contributed by atoms with Crippen LogP contribution in [0.4, 0.5) is 19.0 Å².